The second-order valence-electron chi connectivity index (χ2n) is 4.16. The van der Waals surface area contributed by atoms with Crippen molar-refractivity contribution < 1.29 is 9.90 Å². The fourth-order valence-corrected chi connectivity index (χ4v) is 3.16. The van der Waals surface area contributed by atoms with Crippen LogP contribution in [0.2, 0.25) is 0 Å². The van der Waals surface area contributed by atoms with Crippen molar-refractivity contribution in [2.45, 2.75) is 17.7 Å². The van der Waals surface area contributed by atoms with Crippen LogP contribution < -0.4 is 5.32 Å². The number of hydrogen-bond acceptors (Lipinski definition) is 6. The van der Waals surface area contributed by atoms with E-state index in [1.165, 1.54) is 34.2 Å². The number of aromatic nitrogens is 2. The molecule has 2 rings (SSSR count). The van der Waals surface area contributed by atoms with Crippen LogP contribution in [-0.4, -0.2) is 33.6 Å². The third-order valence-corrected chi connectivity index (χ3v) is 4.66. The molecule has 0 bridgehead atoms. The van der Waals surface area contributed by atoms with Crippen LogP contribution in [0.5, 0.6) is 0 Å². The Kier molecular flexibility index (Phi) is 5.37. The van der Waals surface area contributed by atoms with Crippen LogP contribution in [0.1, 0.15) is 11.1 Å². The van der Waals surface area contributed by atoms with Crippen LogP contribution in [0.15, 0.2) is 28.6 Å². The minimum Gasteiger partial charge on any atom is -0.481 e. The van der Waals surface area contributed by atoms with E-state index in [0.29, 0.717) is 4.34 Å². The highest BCUT2D eigenvalue weighted by Crippen LogP contribution is 2.25. The van der Waals surface area contributed by atoms with Crippen molar-refractivity contribution in [2.24, 2.45) is 0 Å². The highest BCUT2D eigenvalue weighted by molar-refractivity contribution is 8.01. The van der Waals surface area contributed by atoms with Crippen molar-refractivity contribution in [3.8, 4) is 0 Å². The lowest BCUT2D eigenvalue weighted by molar-refractivity contribution is -0.133. The first-order valence-corrected chi connectivity index (χ1v) is 7.92. The Morgan fingerprint density at radius 1 is 1.40 bits per heavy atom. The topological polar surface area (TPSA) is 75.1 Å². The number of nitrogens with one attached hydrogen (secondary N) is 1. The minimum atomic E-state index is -0.848. The molecule has 0 atom stereocenters. The van der Waals surface area contributed by atoms with Crippen LogP contribution >= 0.6 is 23.1 Å². The highest BCUT2D eigenvalue weighted by atomic mass is 32.2. The molecule has 0 aliphatic carbocycles. The fourth-order valence-electron chi connectivity index (χ4n) is 1.66. The molecule has 1 aromatic heterocycles. The second kappa shape index (κ2) is 7.25. The van der Waals surface area contributed by atoms with Crippen LogP contribution in [0.4, 0.5) is 5.13 Å². The molecular formula is C13H15N3O2S2. The smallest absolute Gasteiger partial charge is 0.313 e. The molecule has 20 heavy (non-hydrogen) atoms. The van der Waals surface area contributed by atoms with Crippen LogP contribution in [-0.2, 0) is 11.2 Å². The molecule has 2 N–H and O–H groups in total. The van der Waals surface area contributed by atoms with Gasteiger partial charge in [-0.25, -0.2) is 0 Å². The maximum Gasteiger partial charge on any atom is 0.313 e. The van der Waals surface area contributed by atoms with Gasteiger partial charge in [0, 0.05) is 6.54 Å². The van der Waals surface area contributed by atoms with Crippen LogP contribution in [0, 0.1) is 6.92 Å². The number of hydrogen-bond donors (Lipinski definition) is 2. The van der Waals surface area contributed by atoms with Gasteiger partial charge >= 0.3 is 5.97 Å². The van der Waals surface area contributed by atoms with E-state index >= 15 is 0 Å². The van der Waals surface area contributed by atoms with E-state index in [9.17, 15) is 4.79 Å². The zero-order chi connectivity index (χ0) is 14.4. The van der Waals surface area contributed by atoms with Crippen molar-refractivity contribution in [3.63, 3.8) is 0 Å². The summed E-state index contributed by atoms with van der Waals surface area (Å²) in [6.45, 7) is 2.88. The summed E-state index contributed by atoms with van der Waals surface area (Å²) < 4.78 is 0.672. The molecule has 0 unspecified atom stereocenters. The Morgan fingerprint density at radius 2 is 2.20 bits per heavy atom. The quantitative estimate of drug-likeness (QED) is 0.766. The Balaban J connectivity index is 1.80. The van der Waals surface area contributed by atoms with Gasteiger partial charge in [0.15, 0.2) is 4.34 Å². The molecule has 5 nitrogen and oxygen atoms in total. The van der Waals surface area contributed by atoms with Gasteiger partial charge in [0.05, 0.1) is 5.75 Å². The standard InChI is InChI=1S/C13H15N3O2S2/c1-9-4-2-3-5-10(9)6-7-14-12-15-16-13(20-12)19-8-11(17)18/h2-5H,6-8H2,1H3,(H,14,15)(H,17,18). The van der Waals surface area contributed by atoms with Gasteiger partial charge < -0.3 is 10.4 Å². The van der Waals surface area contributed by atoms with Gasteiger partial charge in [-0.1, -0.05) is 47.4 Å². The molecule has 0 fully saturated rings. The van der Waals surface area contributed by atoms with E-state index in [4.69, 9.17) is 5.11 Å². The molecule has 0 saturated heterocycles. The zero-order valence-electron chi connectivity index (χ0n) is 11.0. The van der Waals surface area contributed by atoms with Gasteiger partial charge in [-0.2, -0.15) is 0 Å². The van der Waals surface area contributed by atoms with Gasteiger partial charge in [-0.05, 0) is 24.5 Å². The van der Waals surface area contributed by atoms with Gasteiger partial charge in [0.25, 0.3) is 0 Å². The first-order valence-electron chi connectivity index (χ1n) is 6.11. The summed E-state index contributed by atoms with van der Waals surface area (Å²) in [5, 5.41) is 20.5. The summed E-state index contributed by atoms with van der Waals surface area (Å²) in [6.07, 6.45) is 0.920. The van der Waals surface area contributed by atoms with E-state index in [2.05, 4.69) is 34.6 Å². The molecule has 106 valence electrons. The first kappa shape index (κ1) is 14.8. The number of carboxylic acids is 1. The van der Waals surface area contributed by atoms with Crippen molar-refractivity contribution in [1.29, 1.82) is 0 Å². The number of aryl methyl sites for hydroxylation is 1. The normalized spacial score (nSPS) is 10.4. The fraction of sp³-hybridized carbons (Fsp3) is 0.308. The lowest BCUT2D eigenvalue weighted by atomic mass is 10.1. The summed E-state index contributed by atoms with van der Waals surface area (Å²) in [4.78, 5) is 10.5. The third-order valence-electron chi connectivity index (χ3n) is 2.66. The number of thioether (sulfide) groups is 1. The summed E-state index contributed by atoms with van der Waals surface area (Å²) >= 11 is 2.57. The Bertz CT molecular complexity index is 587. The average molecular weight is 309 g/mol. The molecule has 1 aromatic carbocycles. The number of nitrogens with zero attached hydrogens (tertiary/aromatic N) is 2. The molecule has 0 aliphatic heterocycles. The van der Waals surface area contributed by atoms with Crippen molar-refractivity contribution in [3.05, 3.63) is 35.4 Å². The summed E-state index contributed by atoms with van der Waals surface area (Å²) in [5.74, 6) is -0.836. The van der Waals surface area contributed by atoms with Crippen LogP contribution in [0.3, 0.4) is 0 Å². The SMILES string of the molecule is Cc1ccccc1CCNc1nnc(SCC(=O)O)s1. The van der Waals surface area contributed by atoms with E-state index in [0.717, 1.165) is 18.1 Å². The summed E-state index contributed by atoms with van der Waals surface area (Å²) in [6, 6.07) is 8.28. The number of rotatable bonds is 7. The van der Waals surface area contributed by atoms with Gasteiger partial charge in [-0.3, -0.25) is 4.79 Å². The molecule has 0 radical (unpaired) electrons. The van der Waals surface area contributed by atoms with Gasteiger partial charge in [0.1, 0.15) is 0 Å². The molecule has 0 saturated carbocycles. The van der Waals surface area contributed by atoms with E-state index in [1.807, 2.05) is 12.1 Å². The molecule has 0 amide bonds. The molecule has 0 spiro atoms. The largest absolute Gasteiger partial charge is 0.481 e. The second-order valence-corrected chi connectivity index (χ2v) is 6.36. The molecule has 2 aromatic rings. The lowest BCUT2D eigenvalue weighted by Crippen LogP contribution is -2.05. The Labute approximate surface area is 125 Å². The van der Waals surface area contributed by atoms with E-state index in [-0.39, 0.29) is 5.75 Å². The maximum absolute atomic E-state index is 10.5. The number of carboxylic acid groups (broad SMARTS) is 1. The number of benzene rings is 1. The van der Waals surface area contributed by atoms with Crippen molar-refractivity contribution in [2.75, 3.05) is 17.6 Å². The van der Waals surface area contributed by atoms with Gasteiger partial charge in [-0.15, -0.1) is 10.2 Å². The first-order chi connectivity index (χ1) is 9.65. The number of aliphatic carboxylic acids is 1. The predicted molar refractivity (Wildman–Crippen MR) is 81.6 cm³/mol. The lowest BCUT2D eigenvalue weighted by Gasteiger charge is -2.05. The zero-order valence-corrected chi connectivity index (χ0v) is 12.6. The summed E-state index contributed by atoms with van der Waals surface area (Å²) in [7, 11) is 0. The number of anilines is 1. The Hall–Kier alpha value is -1.60. The minimum absolute atomic E-state index is 0.0117. The van der Waals surface area contributed by atoms with E-state index < -0.39 is 5.97 Å². The monoisotopic (exact) mass is 309 g/mol. The van der Waals surface area contributed by atoms with E-state index in [1.54, 1.807) is 0 Å². The van der Waals surface area contributed by atoms with Crippen LogP contribution in [0.25, 0.3) is 0 Å². The number of carbonyl (C=O) groups is 1. The average Bonchev–Trinajstić information content (AvgIpc) is 2.87. The molecule has 1 heterocycles. The van der Waals surface area contributed by atoms with Crippen molar-refractivity contribution >= 4 is 34.2 Å². The van der Waals surface area contributed by atoms with Crippen molar-refractivity contribution in [1.82, 2.24) is 10.2 Å². The molecule has 7 heteroatoms. The Morgan fingerprint density at radius 3 is 2.95 bits per heavy atom. The maximum atomic E-state index is 10.5. The molecule has 0 aliphatic rings. The predicted octanol–water partition coefficient (Wildman–Crippen LogP) is 2.68. The van der Waals surface area contributed by atoms with Gasteiger partial charge in [0.2, 0.25) is 5.13 Å². The molecular weight excluding hydrogens is 294 g/mol. The third kappa shape index (κ3) is 4.50. The highest BCUT2D eigenvalue weighted by Gasteiger charge is 2.06. The summed E-state index contributed by atoms with van der Waals surface area (Å²) in [5.41, 5.74) is 2.59.